The Bertz CT molecular complexity index is 741. The lowest BCUT2D eigenvalue weighted by Crippen LogP contribution is -2.42. The zero-order valence-corrected chi connectivity index (χ0v) is 13.0. The number of pyridine rings is 1. The summed E-state index contributed by atoms with van der Waals surface area (Å²) in [6, 6.07) is 8.09. The molecule has 1 aliphatic heterocycles. The van der Waals surface area contributed by atoms with E-state index in [-0.39, 0.29) is 11.9 Å². The first-order valence-corrected chi connectivity index (χ1v) is 7.55. The van der Waals surface area contributed by atoms with Gasteiger partial charge < -0.3 is 9.30 Å². The largest absolute Gasteiger partial charge is 0.347 e. The van der Waals surface area contributed by atoms with Crippen molar-refractivity contribution in [3.63, 3.8) is 0 Å². The van der Waals surface area contributed by atoms with Crippen molar-refractivity contribution in [2.45, 2.75) is 25.4 Å². The summed E-state index contributed by atoms with van der Waals surface area (Å²) in [5.41, 5.74) is 2.63. The number of carbonyl (C=O) groups excluding carboxylic acids is 1. The lowest BCUT2D eigenvalue weighted by molar-refractivity contribution is -0.133. The molecule has 2 aromatic heterocycles. The number of likely N-dealkylation sites (tertiary alicyclic amines) is 1. The van der Waals surface area contributed by atoms with Crippen LogP contribution in [0.25, 0.3) is 5.52 Å². The molecule has 22 heavy (non-hydrogen) atoms. The van der Waals surface area contributed by atoms with Gasteiger partial charge in [0.25, 0.3) is 0 Å². The number of aromatic nitrogens is 1. The number of nitriles is 1. The van der Waals surface area contributed by atoms with Gasteiger partial charge in [0, 0.05) is 38.6 Å². The second kappa shape index (κ2) is 5.82. The predicted octanol–water partition coefficient (Wildman–Crippen LogP) is 1.86. The van der Waals surface area contributed by atoms with E-state index < -0.39 is 0 Å². The van der Waals surface area contributed by atoms with Gasteiger partial charge in [-0.15, -0.1) is 0 Å². The minimum Gasteiger partial charge on any atom is -0.347 e. The minimum atomic E-state index is -0.0652. The van der Waals surface area contributed by atoms with Gasteiger partial charge in [-0.05, 0) is 31.5 Å². The number of amides is 1. The van der Waals surface area contributed by atoms with E-state index in [0.717, 1.165) is 30.5 Å². The molecule has 5 nitrogen and oxygen atoms in total. The molecule has 5 heteroatoms. The maximum absolute atomic E-state index is 12.3. The Hall–Kier alpha value is -2.32. The van der Waals surface area contributed by atoms with Crippen LogP contribution in [0.4, 0.5) is 0 Å². The van der Waals surface area contributed by atoms with Crippen LogP contribution in [0.3, 0.4) is 0 Å². The molecular weight excluding hydrogens is 276 g/mol. The first-order valence-electron chi connectivity index (χ1n) is 7.55. The molecule has 0 bridgehead atoms. The number of hydrogen-bond donors (Lipinski definition) is 0. The summed E-state index contributed by atoms with van der Waals surface area (Å²) in [5.74, 6) is 0.153. The number of fused-ring (bicyclic) bond motifs is 1. The molecule has 0 N–H and O–H groups in total. The van der Waals surface area contributed by atoms with Gasteiger partial charge in [-0.25, -0.2) is 0 Å². The Morgan fingerprint density at radius 1 is 1.45 bits per heavy atom. The van der Waals surface area contributed by atoms with Crippen molar-refractivity contribution in [3.05, 3.63) is 41.7 Å². The molecule has 1 unspecified atom stereocenters. The van der Waals surface area contributed by atoms with E-state index >= 15 is 0 Å². The number of carbonyl (C=O) groups is 1. The zero-order valence-electron chi connectivity index (χ0n) is 13.0. The second-order valence-corrected chi connectivity index (χ2v) is 6.00. The van der Waals surface area contributed by atoms with Gasteiger partial charge in [-0.1, -0.05) is 6.07 Å². The van der Waals surface area contributed by atoms with Crippen molar-refractivity contribution in [2.24, 2.45) is 0 Å². The van der Waals surface area contributed by atoms with E-state index in [2.05, 4.69) is 11.0 Å². The highest BCUT2D eigenvalue weighted by Gasteiger charge is 2.32. The molecule has 1 amide bonds. The summed E-state index contributed by atoms with van der Waals surface area (Å²) in [6.07, 6.45) is 5.88. The molecule has 0 aromatic carbocycles. The molecule has 1 fully saturated rings. The summed E-state index contributed by atoms with van der Waals surface area (Å²) in [5, 5.41) is 9.49. The molecule has 3 rings (SSSR count). The van der Waals surface area contributed by atoms with Crippen LogP contribution in [-0.4, -0.2) is 46.8 Å². The van der Waals surface area contributed by atoms with Crippen molar-refractivity contribution in [1.29, 1.82) is 5.26 Å². The highest BCUT2D eigenvalue weighted by Crippen LogP contribution is 2.25. The van der Waals surface area contributed by atoms with Crippen LogP contribution >= 0.6 is 0 Å². The Morgan fingerprint density at radius 3 is 3.00 bits per heavy atom. The van der Waals surface area contributed by atoms with Gasteiger partial charge in [0.05, 0.1) is 17.1 Å². The number of hydrogen-bond acceptors (Lipinski definition) is 3. The van der Waals surface area contributed by atoms with E-state index in [1.165, 1.54) is 0 Å². The molecule has 3 heterocycles. The van der Waals surface area contributed by atoms with Crippen LogP contribution < -0.4 is 0 Å². The Morgan fingerprint density at radius 2 is 2.27 bits per heavy atom. The van der Waals surface area contributed by atoms with Gasteiger partial charge >= 0.3 is 0 Å². The predicted molar refractivity (Wildman–Crippen MR) is 84.2 cm³/mol. The van der Waals surface area contributed by atoms with Crippen molar-refractivity contribution in [3.8, 4) is 6.07 Å². The SMILES string of the molecule is CN(C)C(=O)C1CCCN1Cc1cn2ccccc2c1C#N. The van der Waals surface area contributed by atoms with Crippen molar-refractivity contribution < 1.29 is 4.79 Å². The topological polar surface area (TPSA) is 51.8 Å². The number of nitrogens with zero attached hydrogens (tertiary/aromatic N) is 4. The van der Waals surface area contributed by atoms with Gasteiger partial charge in [0.1, 0.15) is 6.07 Å². The first-order chi connectivity index (χ1) is 10.6. The maximum Gasteiger partial charge on any atom is 0.239 e. The van der Waals surface area contributed by atoms with Crippen LogP contribution in [0.2, 0.25) is 0 Å². The molecule has 114 valence electrons. The summed E-state index contributed by atoms with van der Waals surface area (Å²) < 4.78 is 1.98. The van der Waals surface area contributed by atoms with Crippen molar-refractivity contribution in [1.82, 2.24) is 14.2 Å². The summed E-state index contributed by atoms with van der Waals surface area (Å²) in [6.45, 7) is 1.55. The fourth-order valence-electron chi connectivity index (χ4n) is 3.24. The van der Waals surface area contributed by atoms with E-state index in [4.69, 9.17) is 0 Å². The molecular formula is C17H20N4O. The molecule has 2 aromatic rings. The fourth-order valence-corrected chi connectivity index (χ4v) is 3.24. The van der Waals surface area contributed by atoms with E-state index in [0.29, 0.717) is 12.1 Å². The molecule has 0 saturated carbocycles. The average molecular weight is 296 g/mol. The highest BCUT2D eigenvalue weighted by atomic mass is 16.2. The number of rotatable bonds is 3. The molecule has 0 aliphatic carbocycles. The lowest BCUT2D eigenvalue weighted by Gasteiger charge is -2.25. The molecule has 1 saturated heterocycles. The Labute approximate surface area is 130 Å². The van der Waals surface area contributed by atoms with Crippen LogP contribution in [0.5, 0.6) is 0 Å². The van der Waals surface area contributed by atoms with Crippen LogP contribution in [0, 0.1) is 11.3 Å². The molecule has 1 aliphatic rings. The first kappa shape index (κ1) is 14.6. The van der Waals surface area contributed by atoms with E-state index in [9.17, 15) is 10.1 Å². The Kier molecular flexibility index (Phi) is 3.86. The Balaban J connectivity index is 1.90. The normalized spacial score (nSPS) is 18.5. The van der Waals surface area contributed by atoms with Crippen LogP contribution in [0.1, 0.15) is 24.0 Å². The average Bonchev–Trinajstić information content (AvgIpc) is 3.10. The maximum atomic E-state index is 12.3. The quantitative estimate of drug-likeness (QED) is 0.869. The van der Waals surface area contributed by atoms with Gasteiger partial charge in [-0.3, -0.25) is 9.69 Å². The third kappa shape index (κ3) is 2.46. The molecule has 0 spiro atoms. The second-order valence-electron chi connectivity index (χ2n) is 6.00. The smallest absolute Gasteiger partial charge is 0.239 e. The lowest BCUT2D eigenvalue weighted by atomic mass is 10.1. The molecule has 0 radical (unpaired) electrons. The van der Waals surface area contributed by atoms with E-state index in [1.807, 2.05) is 35.0 Å². The van der Waals surface area contributed by atoms with Crippen molar-refractivity contribution in [2.75, 3.05) is 20.6 Å². The van der Waals surface area contributed by atoms with Gasteiger partial charge in [0.2, 0.25) is 5.91 Å². The monoisotopic (exact) mass is 296 g/mol. The third-order valence-electron chi connectivity index (χ3n) is 4.34. The standard InChI is InChI=1S/C17H20N4O/c1-19(2)17(22)16-7-5-9-21(16)12-13-11-20-8-4-3-6-15(20)14(13)10-18/h3-4,6,8,11,16H,5,7,9,12H2,1-2H3. The van der Waals surface area contributed by atoms with E-state index in [1.54, 1.807) is 19.0 Å². The zero-order chi connectivity index (χ0) is 15.7. The summed E-state index contributed by atoms with van der Waals surface area (Å²) in [4.78, 5) is 16.1. The third-order valence-corrected chi connectivity index (χ3v) is 4.34. The van der Waals surface area contributed by atoms with Crippen LogP contribution in [-0.2, 0) is 11.3 Å². The molecule has 1 atom stereocenters. The van der Waals surface area contributed by atoms with Crippen molar-refractivity contribution >= 4 is 11.4 Å². The number of likely N-dealkylation sites (N-methyl/N-ethyl adjacent to an activating group) is 1. The van der Waals surface area contributed by atoms with Gasteiger partial charge in [-0.2, -0.15) is 5.26 Å². The van der Waals surface area contributed by atoms with Gasteiger partial charge in [0.15, 0.2) is 0 Å². The summed E-state index contributed by atoms with van der Waals surface area (Å²) >= 11 is 0. The fraction of sp³-hybridized carbons (Fsp3) is 0.412. The van der Waals surface area contributed by atoms with Crippen LogP contribution in [0.15, 0.2) is 30.6 Å². The minimum absolute atomic E-state index is 0.0652. The summed E-state index contributed by atoms with van der Waals surface area (Å²) in [7, 11) is 3.60. The highest BCUT2D eigenvalue weighted by molar-refractivity contribution is 5.81.